The molecule has 0 aliphatic carbocycles. The molecule has 4 rings (SSSR count). The number of nitrogens with one attached hydrogen (secondary N) is 1. The number of amides is 1. The minimum Gasteiger partial charge on any atom is -0.494 e. The van der Waals surface area contributed by atoms with Crippen LogP contribution in [0.1, 0.15) is 6.92 Å². The highest BCUT2D eigenvalue weighted by Crippen LogP contribution is 2.35. The number of carbonyl (C=O) groups excluding carboxylic acids is 1. The highest BCUT2D eigenvalue weighted by Gasteiger charge is 2.17. The van der Waals surface area contributed by atoms with Crippen molar-refractivity contribution in [3.8, 4) is 33.3 Å². The number of nitrogens with zero attached hydrogens (tertiary/aromatic N) is 1. The third kappa shape index (κ3) is 3.21. The van der Waals surface area contributed by atoms with Gasteiger partial charge in [-0.05, 0) is 37.3 Å². The smallest absolute Gasteiger partial charge is 0.262 e. The van der Waals surface area contributed by atoms with Gasteiger partial charge in [0.1, 0.15) is 16.5 Å². The van der Waals surface area contributed by atoms with Crippen LogP contribution < -0.4 is 14.8 Å². The number of aromatic nitrogens is 1. The first-order valence-electron chi connectivity index (χ1n) is 7.99. The van der Waals surface area contributed by atoms with E-state index in [1.165, 1.54) is 0 Å². The van der Waals surface area contributed by atoms with Crippen molar-refractivity contribution in [3.63, 3.8) is 0 Å². The zero-order valence-electron chi connectivity index (χ0n) is 13.6. The summed E-state index contributed by atoms with van der Waals surface area (Å²) < 4.78 is 10.9. The molecule has 3 aromatic rings. The summed E-state index contributed by atoms with van der Waals surface area (Å²) in [5, 5.41) is 5.76. The molecule has 0 saturated carbocycles. The molecule has 1 amide bonds. The molecule has 1 aliphatic heterocycles. The van der Waals surface area contributed by atoms with Gasteiger partial charge in [-0.1, -0.05) is 12.1 Å². The largest absolute Gasteiger partial charge is 0.494 e. The fourth-order valence-electron chi connectivity index (χ4n) is 2.67. The summed E-state index contributed by atoms with van der Waals surface area (Å²) in [5.74, 6) is 1.38. The number of hydrogen-bond donors (Lipinski definition) is 1. The minimum atomic E-state index is -0.142. The number of benzene rings is 2. The fourth-order valence-corrected chi connectivity index (χ4v) is 3.49. The quantitative estimate of drug-likeness (QED) is 0.764. The van der Waals surface area contributed by atoms with Crippen molar-refractivity contribution < 1.29 is 14.3 Å². The number of fused-ring (bicyclic) bond motifs is 1. The van der Waals surface area contributed by atoms with Crippen molar-refractivity contribution in [1.82, 2.24) is 4.98 Å². The fraction of sp³-hybridized carbons (Fsp3) is 0.158. The Hall–Kier alpha value is -2.86. The van der Waals surface area contributed by atoms with Gasteiger partial charge in [0.2, 0.25) is 0 Å². The van der Waals surface area contributed by atoms with Gasteiger partial charge in [0.25, 0.3) is 5.91 Å². The molecule has 0 saturated heterocycles. The highest BCUT2D eigenvalue weighted by molar-refractivity contribution is 7.13. The highest BCUT2D eigenvalue weighted by atomic mass is 32.1. The van der Waals surface area contributed by atoms with Crippen LogP contribution in [-0.4, -0.2) is 24.1 Å². The summed E-state index contributed by atoms with van der Waals surface area (Å²) in [6, 6.07) is 13.6. The van der Waals surface area contributed by atoms with Crippen LogP contribution in [0.15, 0.2) is 47.8 Å². The molecular weight excluding hydrogens is 336 g/mol. The molecule has 5 nitrogen and oxygen atoms in total. The van der Waals surface area contributed by atoms with Gasteiger partial charge in [0.05, 0.1) is 18.0 Å². The molecule has 126 valence electrons. The van der Waals surface area contributed by atoms with E-state index < -0.39 is 0 Å². The van der Waals surface area contributed by atoms with Crippen LogP contribution in [0.2, 0.25) is 0 Å². The molecular formula is C19H16N2O3S. The van der Waals surface area contributed by atoms with Gasteiger partial charge in [-0.25, -0.2) is 4.98 Å². The molecule has 0 unspecified atom stereocenters. The lowest BCUT2D eigenvalue weighted by Gasteiger charge is -2.18. The van der Waals surface area contributed by atoms with Crippen LogP contribution in [0.4, 0.5) is 5.69 Å². The molecule has 2 heterocycles. The van der Waals surface area contributed by atoms with Crippen molar-refractivity contribution in [3.05, 3.63) is 47.8 Å². The first kappa shape index (κ1) is 15.7. The van der Waals surface area contributed by atoms with Crippen LogP contribution in [0, 0.1) is 0 Å². The SMILES string of the molecule is CCOc1cccc(-c2nc(-c3ccc4c(c3)NC(=O)CO4)cs2)c1. The molecule has 0 atom stereocenters. The molecule has 0 spiro atoms. The van der Waals surface area contributed by atoms with Gasteiger partial charge in [-0.3, -0.25) is 4.79 Å². The van der Waals surface area contributed by atoms with Crippen LogP contribution >= 0.6 is 11.3 Å². The van der Waals surface area contributed by atoms with E-state index in [4.69, 9.17) is 14.5 Å². The molecule has 1 N–H and O–H groups in total. The average Bonchev–Trinajstić information content (AvgIpc) is 3.12. The summed E-state index contributed by atoms with van der Waals surface area (Å²) in [5.41, 5.74) is 3.51. The van der Waals surface area contributed by atoms with E-state index in [1.807, 2.05) is 54.8 Å². The van der Waals surface area contributed by atoms with Crippen LogP contribution in [0.25, 0.3) is 21.8 Å². The van der Waals surface area contributed by atoms with Crippen LogP contribution in [0.3, 0.4) is 0 Å². The predicted octanol–water partition coefficient (Wildman–Crippen LogP) is 4.21. The lowest BCUT2D eigenvalue weighted by atomic mass is 10.1. The first-order chi connectivity index (χ1) is 12.2. The zero-order valence-corrected chi connectivity index (χ0v) is 14.4. The number of carbonyl (C=O) groups is 1. The lowest BCUT2D eigenvalue weighted by molar-refractivity contribution is -0.118. The number of anilines is 1. The van der Waals surface area contributed by atoms with Crippen molar-refractivity contribution in [2.45, 2.75) is 6.92 Å². The second-order valence-corrected chi connectivity index (χ2v) is 6.40. The van der Waals surface area contributed by atoms with Crippen LogP contribution in [-0.2, 0) is 4.79 Å². The summed E-state index contributed by atoms with van der Waals surface area (Å²) in [4.78, 5) is 16.2. The van der Waals surface area contributed by atoms with E-state index in [2.05, 4.69) is 5.32 Å². The monoisotopic (exact) mass is 352 g/mol. The minimum absolute atomic E-state index is 0.0589. The van der Waals surface area contributed by atoms with E-state index in [-0.39, 0.29) is 12.5 Å². The molecule has 0 radical (unpaired) electrons. The molecule has 1 aromatic heterocycles. The zero-order chi connectivity index (χ0) is 17.2. The number of thiazole rings is 1. The van der Waals surface area contributed by atoms with Gasteiger partial charge in [-0.15, -0.1) is 11.3 Å². The topological polar surface area (TPSA) is 60.5 Å². The number of ether oxygens (including phenoxy) is 2. The third-order valence-corrected chi connectivity index (χ3v) is 4.70. The van der Waals surface area contributed by atoms with E-state index >= 15 is 0 Å². The van der Waals surface area contributed by atoms with E-state index in [0.717, 1.165) is 27.6 Å². The van der Waals surface area contributed by atoms with E-state index in [9.17, 15) is 4.79 Å². The maximum absolute atomic E-state index is 11.5. The maximum Gasteiger partial charge on any atom is 0.262 e. The van der Waals surface area contributed by atoms with E-state index in [1.54, 1.807) is 11.3 Å². The summed E-state index contributed by atoms with van der Waals surface area (Å²) in [7, 11) is 0. The van der Waals surface area contributed by atoms with Gasteiger partial charge in [0, 0.05) is 16.5 Å². The Morgan fingerprint density at radius 2 is 2.16 bits per heavy atom. The van der Waals surface area contributed by atoms with Gasteiger partial charge < -0.3 is 14.8 Å². The van der Waals surface area contributed by atoms with Gasteiger partial charge in [-0.2, -0.15) is 0 Å². The first-order valence-corrected chi connectivity index (χ1v) is 8.87. The van der Waals surface area contributed by atoms with Gasteiger partial charge in [0.15, 0.2) is 6.61 Å². The van der Waals surface area contributed by atoms with Crippen LogP contribution in [0.5, 0.6) is 11.5 Å². The Labute approximate surface area is 149 Å². The molecule has 0 bridgehead atoms. The van der Waals surface area contributed by atoms with Crippen molar-refractivity contribution >= 4 is 22.9 Å². The average molecular weight is 352 g/mol. The van der Waals surface area contributed by atoms with Crippen molar-refractivity contribution in [1.29, 1.82) is 0 Å². The Bertz CT molecular complexity index is 936. The van der Waals surface area contributed by atoms with E-state index in [0.29, 0.717) is 18.0 Å². The second kappa shape index (κ2) is 6.57. The summed E-state index contributed by atoms with van der Waals surface area (Å²) >= 11 is 1.58. The standard InChI is InChI=1S/C19H16N2O3S/c1-2-23-14-5-3-4-13(8-14)19-21-16(11-25-19)12-6-7-17-15(9-12)20-18(22)10-24-17/h3-9,11H,2,10H2,1H3,(H,20,22). The lowest BCUT2D eigenvalue weighted by Crippen LogP contribution is -2.25. The predicted molar refractivity (Wildman–Crippen MR) is 98.3 cm³/mol. The molecule has 25 heavy (non-hydrogen) atoms. The Morgan fingerprint density at radius 1 is 1.24 bits per heavy atom. The molecule has 2 aromatic carbocycles. The molecule has 0 fully saturated rings. The maximum atomic E-state index is 11.5. The summed E-state index contributed by atoms with van der Waals surface area (Å²) in [6.07, 6.45) is 0. The Balaban J connectivity index is 1.64. The van der Waals surface area contributed by atoms with Crippen molar-refractivity contribution in [2.24, 2.45) is 0 Å². The normalized spacial score (nSPS) is 12.9. The second-order valence-electron chi connectivity index (χ2n) is 5.55. The van der Waals surface area contributed by atoms with Crippen molar-refractivity contribution in [2.75, 3.05) is 18.5 Å². The number of rotatable bonds is 4. The Morgan fingerprint density at radius 3 is 3.04 bits per heavy atom. The Kier molecular flexibility index (Phi) is 4.11. The molecule has 6 heteroatoms. The molecule has 1 aliphatic rings. The van der Waals surface area contributed by atoms with Gasteiger partial charge >= 0.3 is 0 Å². The number of hydrogen-bond acceptors (Lipinski definition) is 5. The summed E-state index contributed by atoms with van der Waals surface area (Å²) in [6.45, 7) is 2.66. The third-order valence-electron chi connectivity index (χ3n) is 3.80.